The molecule has 0 saturated carbocycles. The van der Waals surface area contributed by atoms with Crippen LogP contribution < -0.4 is 9.64 Å². The second kappa shape index (κ2) is 9.26. The van der Waals surface area contributed by atoms with Crippen LogP contribution in [0.15, 0.2) is 65.4 Å². The van der Waals surface area contributed by atoms with Crippen LogP contribution in [-0.2, 0) is 22.7 Å². The minimum atomic E-state index is -0.632. The molecule has 4 rings (SSSR count). The van der Waals surface area contributed by atoms with Gasteiger partial charge in [0.2, 0.25) is 5.91 Å². The van der Waals surface area contributed by atoms with Crippen LogP contribution in [0, 0.1) is 12.8 Å². The summed E-state index contributed by atoms with van der Waals surface area (Å²) in [5.74, 6) is 0.852. The summed E-state index contributed by atoms with van der Waals surface area (Å²) in [7, 11) is 0. The van der Waals surface area contributed by atoms with Gasteiger partial charge in [-0.3, -0.25) is 19.5 Å². The van der Waals surface area contributed by atoms with Gasteiger partial charge in [0.1, 0.15) is 18.1 Å². The molecule has 1 aromatic carbocycles. The Morgan fingerprint density at radius 1 is 1.16 bits per heavy atom. The van der Waals surface area contributed by atoms with Gasteiger partial charge in [-0.2, -0.15) is 0 Å². The van der Waals surface area contributed by atoms with Crippen LogP contribution in [0.4, 0.5) is 5.69 Å². The van der Waals surface area contributed by atoms with Crippen LogP contribution >= 0.6 is 0 Å². The summed E-state index contributed by atoms with van der Waals surface area (Å²) in [6.07, 6.45) is 2.64. The molecule has 1 atom stereocenters. The van der Waals surface area contributed by atoms with Crippen molar-refractivity contribution in [1.82, 2.24) is 9.88 Å². The maximum Gasteiger partial charge on any atom is 0.268 e. The summed E-state index contributed by atoms with van der Waals surface area (Å²) in [5, 5.41) is 0. The van der Waals surface area contributed by atoms with E-state index in [-0.39, 0.29) is 30.8 Å². The quantitative estimate of drug-likeness (QED) is 0.564. The molecule has 7 nitrogen and oxygen atoms in total. The minimum Gasteiger partial charge on any atom is -0.478 e. The number of aromatic nitrogens is 1. The predicted octanol–water partition coefficient (Wildman–Crippen LogP) is 3.96. The summed E-state index contributed by atoms with van der Waals surface area (Å²) in [5.41, 5.74) is 2.37. The van der Waals surface area contributed by atoms with Gasteiger partial charge >= 0.3 is 0 Å². The van der Waals surface area contributed by atoms with Crippen LogP contribution in [-0.4, -0.2) is 34.3 Å². The Hall–Kier alpha value is -3.61. The first kappa shape index (κ1) is 21.6. The first-order valence-corrected chi connectivity index (χ1v) is 10.7. The van der Waals surface area contributed by atoms with E-state index in [0.29, 0.717) is 23.7 Å². The maximum absolute atomic E-state index is 13.5. The van der Waals surface area contributed by atoms with Crippen molar-refractivity contribution in [2.75, 3.05) is 11.4 Å². The zero-order valence-electron chi connectivity index (χ0n) is 18.5. The highest BCUT2D eigenvalue weighted by Gasteiger charge is 2.38. The first-order chi connectivity index (χ1) is 15.4. The van der Waals surface area contributed by atoms with E-state index in [9.17, 15) is 9.59 Å². The SMILES string of the molecule is Cc1ccc2c(c1)N(CC(=O)N(Cc1ccccn1)Cc1ccco1)C(=O)[C@H](C(C)C)O2. The molecule has 2 aromatic heterocycles. The summed E-state index contributed by atoms with van der Waals surface area (Å²) >= 11 is 0. The third kappa shape index (κ3) is 4.66. The number of rotatable bonds is 7. The fourth-order valence-electron chi connectivity index (χ4n) is 3.73. The molecular weight excluding hydrogens is 406 g/mol. The van der Waals surface area contributed by atoms with Gasteiger partial charge in [-0.25, -0.2) is 0 Å². The molecule has 7 heteroatoms. The normalized spacial score (nSPS) is 15.4. The lowest BCUT2D eigenvalue weighted by atomic mass is 10.0. The lowest BCUT2D eigenvalue weighted by Gasteiger charge is -2.36. The molecule has 3 heterocycles. The predicted molar refractivity (Wildman–Crippen MR) is 120 cm³/mol. The number of anilines is 1. The largest absolute Gasteiger partial charge is 0.478 e. The fraction of sp³-hybridized carbons (Fsp3) is 0.320. The van der Waals surface area contributed by atoms with E-state index in [1.165, 1.54) is 0 Å². The van der Waals surface area contributed by atoms with Gasteiger partial charge in [-0.05, 0) is 54.8 Å². The number of hydrogen-bond acceptors (Lipinski definition) is 5. The number of benzene rings is 1. The number of amides is 2. The summed E-state index contributed by atoms with van der Waals surface area (Å²) in [6.45, 7) is 6.33. The zero-order chi connectivity index (χ0) is 22.7. The van der Waals surface area contributed by atoms with Crippen molar-refractivity contribution in [3.63, 3.8) is 0 Å². The second-order valence-corrected chi connectivity index (χ2v) is 8.33. The van der Waals surface area contributed by atoms with Crippen LogP contribution in [0.2, 0.25) is 0 Å². The van der Waals surface area contributed by atoms with Crippen molar-refractivity contribution in [3.8, 4) is 5.75 Å². The molecule has 0 unspecified atom stereocenters. The molecule has 32 heavy (non-hydrogen) atoms. The molecule has 0 aliphatic carbocycles. The van der Waals surface area contributed by atoms with Gasteiger partial charge < -0.3 is 14.1 Å². The van der Waals surface area contributed by atoms with Gasteiger partial charge in [0.15, 0.2) is 6.10 Å². The van der Waals surface area contributed by atoms with Crippen LogP contribution in [0.5, 0.6) is 5.75 Å². The van der Waals surface area contributed by atoms with E-state index in [4.69, 9.17) is 9.15 Å². The Morgan fingerprint density at radius 2 is 2.00 bits per heavy atom. The van der Waals surface area contributed by atoms with Crippen LogP contribution in [0.1, 0.15) is 30.9 Å². The molecule has 0 bridgehead atoms. The number of pyridine rings is 1. The molecule has 1 aliphatic heterocycles. The monoisotopic (exact) mass is 433 g/mol. The zero-order valence-corrected chi connectivity index (χ0v) is 18.5. The molecule has 2 amide bonds. The van der Waals surface area contributed by atoms with Gasteiger partial charge in [0.05, 0.1) is 30.7 Å². The lowest BCUT2D eigenvalue weighted by Crippen LogP contribution is -2.52. The van der Waals surface area contributed by atoms with Gasteiger partial charge in [0, 0.05) is 6.20 Å². The first-order valence-electron chi connectivity index (χ1n) is 10.7. The molecule has 1 aliphatic rings. The molecule has 0 fully saturated rings. The summed E-state index contributed by atoms with van der Waals surface area (Å²) in [4.78, 5) is 34.3. The van der Waals surface area contributed by atoms with Crippen molar-refractivity contribution in [2.24, 2.45) is 5.92 Å². The standard InChI is InChI=1S/C25H27N3O4/c1-17(2)24-25(30)28(21-13-18(3)9-10-22(21)32-24)16-23(29)27(15-20-8-6-12-31-20)14-19-7-4-5-11-26-19/h4-13,17,24H,14-16H2,1-3H3/t24-/m0/s1. The summed E-state index contributed by atoms with van der Waals surface area (Å²) in [6, 6.07) is 14.9. The van der Waals surface area contributed by atoms with Crippen LogP contribution in [0.3, 0.4) is 0 Å². The average Bonchev–Trinajstić information content (AvgIpc) is 3.29. The fourth-order valence-corrected chi connectivity index (χ4v) is 3.73. The lowest BCUT2D eigenvalue weighted by molar-refractivity contribution is -0.135. The molecule has 0 spiro atoms. The Kier molecular flexibility index (Phi) is 6.25. The van der Waals surface area contributed by atoms with Crippen molar-refractivity contribution in [3.05, 3.63) is 78.0 Å². The number of carbonyl (C=O) groups is 2. The highest BCUT2D eigenvalue weighted by molar-refractivity contribution is 6.04. The van der Waals surface area contributed by atoms with E-state index in [2.05, 4.69) is 4.98 Å². The number of furan rings is 1. The number of ether oxygens (including phenoxy) is 1. The summed E-state index contributed by atoms with van der Waals surface area (Å²) < 4.78 is 11.4. The third-order valence-electron chi connectivity index (χ3n) is 5.43. The Bertz CT molecular complexity index is 1080. The van der Waals surface area contributed by atoms with Crippen molar-refractivity contribution < 1.29 is 18.7 Å². The molecule has 3 aromatic rings. The third-order valence-corrected chi connectivity index (χ3v) is 5.43. The van der Waals surface area contributed by atoms with Gasteiger partial charge in [0.25, 0.3) is 5.91 Å². The molecule has 0 N–H and O–H groups in total. The van der Waals surface area contributed by atoms with Gasteiger partial charge in [-0.15, -0.1) is 0 Å². The maximum atomic E-state index is 13.5. The molecule has 166 valence electrons. The Morgan fingerprint density at radius 3 is 2.69 bits per heavy atom. The van der Waals surface area contributed by atoms with Crippen molar-refractivity contribution >= 4 is 17.5 Å². The topological polar surface area (TPSA) is 75.9 Å². The highest BCUT2D eigenvalue weighted by atomic mass is 16.5. The molecule has 0 saturated heterocycles. The Balaban J connectivity index is 1.62. The highest BCUT2D eigenvalue weighted by Crippen LogP contribution is 2.36. The van der Waals surface area contributed by atoms with E-state index in [1.807, 2.05) is 63.2 Å². The number of nitrogens with zero attached hydrogens (tertiary/aromatic N) is 3. The van der Waals surface area contributed by atoms with Gasteiger partial charge in [-0.1, -0.05) is 26.0 Å². The average molecular weight is 434 g/mol. The number of aryl methyl sites for hydroxylation is 1. The van der Waals surface area contributed by atoms with E-state index in [0.717, 1.165) is 11.3 Å². The second-order valence-electron chi connectivity index (χ2n) is 8.33. The number of fused-ring (bicyclic) bond motifs is 1. The molecular formula is C25H27N3O4. The smallest absolute Gasteiger partial charge is 0.268 e. The van der Waals surface area contributed by atoms with Crippen molar-refractivity contribution in [1.29, 1.82) is 0 Å². The van der Waals surface area contributed by atoms with Crippen molar-refractivity contribution in [2.45, 2.75) is 40.0 Å². The Labute approximate surface area is 187 Å². The number of hydrogen-bond donors (Lipinski definition) is 0. The van der Waals surface area contributed by atoms with Crippen LogP contribution in [0.25, 0.3) is 0 Å². The van der Waals surface area contributed by atoms with E-state index < -0.39 is 6.10 Å². The van der Waals surface area contributed by atoms with E-state index in [1.54, 1.807) is 28.3 Å². The van der Waals surface area contributed by atoms with E-state index >= 15 is 0 Å². The minimum absolute atomic E-state index is 0.0257. The molecule has 0 radical (unpaired) electrons. The number of carbonyl (C=O) groups excluding carboxylic acids is 2.